The summed E-state index contributed by atoms with van der Waals surface area (Å²) in [6.07, 6.45) is 2.10. The van der Waals surface area contributed by atoms with Crippen molar-refractivity contribution in [2.24, 2.45) is 7.05 Å². The van der Waals surface area contributed by atoms with E-state index < -0.39 is 45.1 Å². The highest BCUT2D eigenvalue weighted by atomic mass is 28.3. The summed E-state index contributed by atoms with van der Waals surface area (Å²) in [6.45, 7) is 14.2. The molecular formula is C42H37N2OSi+. The topological polar surface area (TPSA) is 21.4 Å². The van der Waals surface area contributed by atoms with Gasteiger partial charge in [-0.25, -0.2) is 9.41 Å². The molecular weight excluding hydrogens is 577 g/mol. The third kappa shape index (κ3) is 4.94. The second-order valence-corrected chi connectivity index (χ2v) is 17.7. The number of pyridine rings is 1. The van der Waals surface area contributed by atoms with Crippen LogP contribution < -0.4 is 9.75 Å². The fourth-order valence-corrected chi connectivity index (χ4v) is 7.92. The Morgan fingerprint density at radius 3 is 2.17 bits per heavy atom. The number of hydrogen-bond donors (Lipinski definition) is 0. The molecule has 0 aliphatic rings. The van der Waals surface area contributed by atoms with Gasteiger partial charge in [-0.2, -0.15) is 0 Å². The van der Waals surface area contributed by atoms with Crippen molar-refractivity contribution in [1.29, 1.82) is 0 Å². The first-order valence-corrected chi connectivity index (χ1v) is 18.6. The molecule has 0 N–H and O–H groups in total. The molecule has 0 saturated heterocycles. The quantitative estimate of drug-likeness (QED) is 0.106. The van der Waals surface area contributed by atoms with Gasteiger partial charge < -0.3 is 4.42 Å². The Labute approximate surface area is 283 Å². The minimum absolute atomic E-state index is 0.0987. The number of rotatable bonds is 5. The second kappa shape index (κ2) is 11.3. The number of fused-ring (bicyclic) bond motifs is 3. The third-order valence-corrected chi connectivity index (χ3v) is 10.6. The fourth-order valence-electron chi connectivity index (χ4n) is 6.33. The Morgan fingerprint density at radius 1 is 0.761 bits per heavy atom. The van der Waals surface area contributed by atoms with E-state index in [1.54, 1.807) is 18.2 Å². The minimum Gasteiger partial charge on any atom is -0.456 e. The summed E-state index contributed by atoms with van der Waals surface area (Å²) in [4.78, 5) is 3.68. The Hall–Kier alpha value is -5.24. The number of benzene rings is 5. The standard InChI is InChI=1S/C42H37N2OSi/c1-27-18-20-33-34-22-23-36(43-3)40(30-16-12-9-13-17-30)42(34)45-41(33)39(27)37-25-35(38(26-44(37)4)46(5,6)7)32-21-19-31(24-28(32)2)29-14-10-8-11-15-29/h8-26H,1-2,4-7H3/q+1/i2D3,9D,12D,13D,16D,17D. The van der Waals surface area contributed by atoms with Crippen molar-refractivity contribution >= 4 is 40.9 Å². The van der Waals surface area contributed by atoms with Crippen molar-refractivity contribution in [3.05, 3.63) is 138 Å². The number of furan rings is 1. The van der Waals surface area contributed by atoms with Crippen LogP contribution in [0.1, 0.15) is 22.1 Å². The molecule has 3 nitrogen and oxygen atoms in total. The second-order valence-electron chi connectivity index (χ2n) is 12.7. The molecule has 0 atom stereocenters. The van der Waals surface area contributed by atoms with Crippen molar-refractivity contribution < 1.29 is 20.0 Å². The first-order valence-electron chi connectivity index (χ1n) is 19.1. The molecule has 2 heterocycles. The summed E-state index contributed by atoms with van der Waals surface area (Å²) in [7, 11) is -0.124. The van der Waals surface area contributed by atoms with Crippen molar-refractivity contribution in [2.75, 3.05) is 0 Å². The van der Waals surface area contributed by atoms with Gasteiger partial charge in [0.1, 0.15) is 18.2 Å². The maximum absolute atomic E-state index is 8.74. The molecule has 0 aliphatic heterocycles. The zero-order chi connectivity index (χ0) is 39.0. The maximum atomic E-state index is 8.74. The summed E-state index contributed by atoms with van der Waals surface area (Å²) in [5, 5.41) is 2.44. The van der Waals surface area contributed by atoms with E-state index in [1.165, 1.54) is 0 Å². The number of nitrogens with zero attached hydrogens (tertiary/aromatic N) is 2. The van der Waals surface area contributed by atoms with Crippen LogP contribution in [-0.2, 0) is 7.05 Å². The highest BCUT2D eigenvalue weighted by Crippen LogP contribution is 2.44. The normalized spacial score (nSPS) is 14.4. The van der Waals surface area contributed by atoms with E-state index in [2.05, 4.69) is 36.7 Å². The van der Waals surface area contributed by atoms with Crippen LogP contribution in [0, 0.1) is 20.3 Å². The molecule has 4 heteroatoms. The van der Waals surface area contributed by atoms with Crippen molar-refractivity contribution in [3.63, 3.8) is 0 Å². The van der Waals surface area contributed by atoms with E-state index in [9.17, 15) is 0 Å². The summed E-state index contributed by atoms with van der Waals surface area (Å²) in [6, 6.07) is 22.4. The molecule has 7 rings (SSSR count). The zero-order valence-corrected chi connectivity index (χ0v) is 27.4. The average Bonchev–Trinajstić information content (AvgIpc) is 3.51. The molecule has 5 aromatic carbocycles. The first kappa shape index (κ1) is 21.5. The van der Waals surface area contributed by atoms with Crippen molar-refractivity contribution in [2.45, 2.75) is 33.4 Å². The van der Waals surface area contributed by atoms with E-state index in [0.717, 1.165) is 44.1 Å². The lowest BCUT2D eigenvalue weighted by Crippen LogP contribution is -2.46. The van der Waals surface area contributed by atoms with Gasteiger partial charge in [0.05, 0.1) is 27.1 Å². The van der Waals surface area contributed by atoms with Crippen LogP contribution in [0.15, 0.2) is 120 Å². The van der Waals surface area contributed by atoms with Gasteiger partial charge in [0.15, 0.2) is 11.9 Å². The van der Waals surface area contributed by atoms with Crippen LogP contribution in [0.25, 0.3) is 71.4 Å². The van der Waals surface area contributed by atoms with Gasteiger partial charge in [-0.15, -0.1) is 0 Å². The van der Waals surface area contributed by atoms with Crippen LogP contribution in [0.3, 0.4) is 0 Å². The Balaban J connectivity index is 1.55. The van der Waals surface area contributed by atoms with E-state index in [4.69, 9.17) is 22.0 Å². The van der Waals surface area contributed by atoms with Crippen LogP contribution in [-0.4, -0.2) is 8.07 Å². The van der Waals surface area contributed by atoms with Crippen molar-refractivity contribution in [3.8, 4) is 44.6 Å². The smallest absolute Gasteiger partial charge is 0.216 e. The van der Waals surface area contributed by atoms with Gasteiger partial charge >= 0.3 is 0 Å². The average molecular weight is 622 g/mol. The largest absolute Gasteiger partial charge is 0.456 e. The molecule has 224 valence electrons. The first-order chi connectivity index (χ1) is 25.4. The van der Waals surface area contributed by atoms with Gasteiger partial charge in [-0.1, -0.05) is 123 Å². The highest BCUT2D eigenvalue weighted by molar-refractivity contribution is 6.89. The summed E-state index contributed by atoms with van der Waals surface area (Å²) < 4.78 is 77.0. The molecule has 0 amide bonds. The summed E-state index contributed by atoms with van der Waals surface area (Å²) >= 11 is 0. The van der Waals surface area contributed by atoms with Crippen molar-refractivity contribution in [1.82, 2.24) is 0 Å². The molecule has 0 radical (unpaired) electrons. The molecule has 0 saturated carbocycles. The molecule has 46 heavy (non-hydrogen) atoms. The lowest BCUT2D eigenvalue weighted by atomic mass is 9.94. The molecule has 0 fully saturated rings. The molecule has 2 aromatic heterocycles. The molecule has 0 unspecified atom stereocenters. The highest BCUT2D eigenvalue weighted by Gasteiger charge is 2.30. The number of aromatic nitrogens is 1. The van der Waals surface area contributed by atoms with Gasteiger partial charge in [0, 0.05) is 31.7 Å². The summed E-state index contributed by atoms with van der Waals surface area (Å²) in [5.74, 6) is 0. The number of hydrogen-bond acceptors (Lipinski definition) is 1. The van der Waals surface area contributed by atoms with E-state index >= 15 is 0 Å². The predicted molar refractivity (Wildman–Crippen MR) is 195 cm³/mol. The maximum Gasteiger partial charge on any atom is 0.216 e. The molecule has 0 aliphatic carbocycles. The van der Waals surface area contributed by atoms with Crippen LogP contribution in [0.4, 0.5) is 5.69 Å². The van der Waals surface area contributed by atoms with Gasteiger partial charge in [0.2, 0.25) is 5.69 Å². The Morgan fingerprint density at radius 2 is 1.48 bits per heavy atom. The van der Waals surface area contributed by atoms with E-state index in [-0.39, 0.29) is 28.0 Å². The monoisotopic (exact) mass is 621 g/mol. The van der Waals surface area contributed by atoms with Gasteiger partial charge in [0.25, 0.3) is 0 Å². The lowest BCUT2D eigenvalue weighted by Gasteiger charge is -2.22. The Bertz CT molecular complexity index is 2700. The van der Waals surface area contributed by atoms with Crippen LogP contribution in [0.5, 0.6) is 0 Å². The van der Waals surface area contributed by atoms with Crippen LogP contribution in [0.2, 0.25) is 19.6 Å². The minimum atomic E-state index is -2.40. The molecule has 7 aromatic rings. The number of aryl methyl sites for hydroxylation is 3. The van der Waals surface area contributed by atoms with E-state index in [1.807, 2.05) is 73.1 Å². The third-order valence-electron chi connectivity index (χ3n) is 8.62. The SMILES string of the molecule is [2H]c1c([2H])c([2H])c(-c2c([N+]#[C-])ccc3c2oc2c(-c4cc(-c5ccc(-c6ccccc6)cc5C([2H])([2H])[2H])c([Si](C)(C)C)c[n+]4C)c(C)ccc23)c([2H])c1[2H]. The molecule has 0 bridgehead atoms. The molecule has 0 spiro atoms. The van der Waals surface area contributed by atoms with Gasteiger partial charge in [-0.05, 0) is 52.7 Å². The lowest BCUT2D eigenvalue weighted by molar-refractivity contribution is -0.659. The van der Waals surface area contributed by atoms with E-state index in [0.29, 0.717) is 16.5 Å². The zero-order valence-electron chi connectivity index (χ0n) is 34.4. The Kier molecular flexibility index (Phi) is 5.27. The van der Waals surface area contributed by atoms with Gasteiger partial charge in [-0.3, -0.25) is 0 Å². The summed E-state index contributed by atoms with van der Waals surface area (Å²) in [5.41, 5.74) is 6.75. The fraction of sp³-hybridized carbons (Fsp3) is 0.143. The predicted octanol–water partition coefficient (Wildman–Crippen LogP) is 10.8. The van der Waals surface area contributed by atoms with Crippen LogP contribution >= 0.6 is 0 Å².